The van der Waals surface area contributed by atoms with Gasteiger partial charge in [-0.1, -0.05) is 60.7 Å². The molecule has 0 bridgehead atoms. The average molecular weight is 557 g/mol. The van der Waals surface area contributed by atoms with E-state index in [1.807, 2.05) is 0 Å². The first-order chi connectivity index (χ1) is 19.7. The fraction of sp³-hybridized carbons (Fsp3) is 0.103. The van der Waals surface area contributed by atoms with E-state index < -0.39 is 32.7 Å². The van der Waals surface area contributed by atoms with Gasteiger partial charge in [-0.15, -0.1) is 0 Å². The number of nitro benzene ring substituents is 2. The SMILES string of the molecule is CCOc1cc(/C=N/NC(=O)C(O)(c2ccccc2)c2ccccc2)ccc1Oc1ccc([N+](=O)[O-])cc1[N+](=O)[O-]. The van der Waals surface area contributed by atoms with Crippen LogP contribution in [-0.2, 0) is 10.4 Å². The molecule has 2 N–H and O–H groups in total. The van der Waals surface area contributed by atoms with Crippen molar-refractivity contribution in [3.63, 3.8) is 0 Å². The number of non-ortho nitro benzene ring substituents is 1. The normalized spacial score (nSPS) is 11.2. The van der Waals surface area contributed by atoms with E-state index in [1.54, 1.807) is 73.7 Å². The van der Waals surface area contributed by atoms with E-state index in [9.17, 15) is 30.1 Å². The number of aliphatic hydroxyl groups is 1. The van der Waals surface area contributed by atoms with E-state index in [2.05, 4.69) is 10.5 Å². The lowest BCUT2D eigenvalue weighted by Crippen LogP contribution is -2.43. The van der Waals surface area contributed by atoms with Gasteiger partial charge in [0.05, 0.1) is 28.7 Å². The number of rotatable bonds is 11. The van der Waals surface area contributed by atoms with Crippen LogP contribution in [0.2, 0.25) is 0 Å². The second-order valence-electron chi connectivity index (χ2n) is 8.55. The number of hydrazone groups is 1. The van der Waals surface area contributed by atoms with Crippen LogP contribution in [0.15, 0.2) is 102 Å². The molecular formula is C29H24N4O8. The molecule has 4 rings (SSSR count). The fourth-order valence-electron chi connectivity index (χ4n) is 3.96. The third-order valence-electron chi connectivity index (χ3n) is 5.93. The van der Waals surface area contributed by atoms with Gasteiger partial charge in [-0.25, -0.2) is 5.43 Å². The zero-order valence-corrected chi connectivity index (χ0v) is 21.7. The van der Waals surface area contributed by atoms with E-state index in [4.69, 9.17) is 9.47 Å². The summed E-state index contributed by atoms with van der Waals surface area (Å²) in [6, 6.07) is 24.6. The van der Waals surface area contributed by atoms with Crippen LogP contribution in [0.1, 0.15) is 23.6 Å². The molecule has 0 heterocycles. The van der Waals surface area contributed by atoms with Crippen molar-refractivity contribution in [3.8, 4) is 17.2 Å². The van der Waals surface area contributed by atoms with Crippen LogP contribution in [0, 0.1) is 20.2 Å². The van der Waals surface area contributed by atoms with Gasteiger partial charge < -0.3 is 14.6 Å². The van der Waals surface area contributed by atoms with Gasteiger partial charge in [0.2, 0.25) is 5.75 Å². The van der Waals surface area contributed by atoms with Gasteiger partial charge in [0, 0.05) is 6.07 Å². The van der Waals surface area contributed by atoms with Gasteiger partial charge in [0.25, 0.3) is 11.6 Å². The number of carbonyl (C=O) groups is 1. The summed E-state index contributed by atoms with van der Waals surface area (Å²) in [6.45, 7) is 1.96. The number of nitro groups is 2. The lowest BCUT2D eigenvalue weighted by Gasteiger charge is -2.27. The van der Waals surface area contributed by atoms with E-state index in [0.717, 1.165) is 18.2 Å². The van der Waals surface area contributed by atoms with Crippen LogP contribution < -0.4 is 14.9 Å². The minimum Gasteiger partial charge on any atom is -0.490 e. The van der Waals surface area contributed by atoms with Crippen molar-refractivity contribution < 1.29 is 29.2 Å². The first-order valence-electron chi connectivity index (χ1n) is 12.3. The van der Waals surface area contributed by atoms with Gasteiger partial charge >= 0.3 is 5.69 Å². The van der Waals surface area contributed by atoms with Crippen LogP contribution in [0.4, 0.5) is 11.4 Å². The summed E-state index contributed by atoms with van der Waals surface area (Å²) in [5, 5.41) is 38.0. The number of ether oxygens (including phenoxy) is 2. The molecule has 208 valence electrons. The Balaban J connectivity index is 1.57. The molecule has 4 aromatic carbocycles. The molecule has 4 aromatic rings. The Labute approximate surface area is 233 Å². The molecule has 0 aliphatic heterocycles. The number of hydrogen-bond acceptors (Lipinski definition) is 9. The van der Waals surface area contributed by atoms with Crippen molar-refractivity contribution >= 4 is 23.5 Å². The molecule has 12 heteroatoms. The Morgan fingerprint density at radius 3 is 2.05 bits per heavy atom. The molecule has 0 spiro atoms. The van der Waals surface area contributed by atoms with E-state index >= 15 is 0 Å². The topological polar surface area (TPSA) is 166 Å². The quantitative estimate of drug-likeness (QED) is 0.147. The van der Waals surface area contributed by atoms with Crippen molar-refractivity contribution in [1.29, 1.82) is 0 Å². The molecule has 0 aromatic heterocycles. The maximum Gasteiger partial charge on any atom is 0.318 e. The highest BCUT2D eigenvalue weighted by Gasteiger charge is 2.39. The van der Waals surface area contributed by atoms with Crippen LogP contribution in [0.5, 0.6) is 17.2 Å². The summed E-state index contributed by atoms with van der Waals surface area (Å²) in [5.41, 5.74) is 0.542. The first kappa shape index (κ1) is 28.4. The van der Waals surface area contributed by atoms with E-state index in [-0.39, 0.29) is 23.9 Å². The lowest BCUT2D eigenvalue weighted by molar-refractivity contribution is -0.394. The molecule has 0 radical (unpaired) electrons. The Morgan fingerprint density at radius 1 is 0.878 bits per heavy atom. The molecule has 0 atom stereocenters. The minimum atomic E-state index is -2.01. The molecule has 0 saturated heterocycles. The highest BCUT2D eigenvalue weighted by Crippen LogP contribution is 2.38. The fourth-order valence-corrected chi connectivity index (χ4v) is 3.96. The van der Waals surface area contributed by atoms with Crippen LogP contribution >= 0.6 is 0 Å². The third kappa shape index (κ3) is 6.34. The Hall–Kier alpha value is -5.62. The summed E-state index contributed by atoms with van der Waals surface area (Å²) >= 11 is 0. The first-order valence-corrected chi connectivity index (χ1v) is 12.3. The molecule has 0 fully saturated rings. The molecule has 12 nitrogen and oxygen atoms in total. The highest BCUT2D eigenvalue weighted by molar-refractivity contribution is 5.91. The predicted molar refractivity (Wildman–Crippen MR) is 149 cm³/mol. The summed E-state index contributed by atoms with van der Waals surface area (Å²) in [7, 11) is 0. The number of nitrogens with one attached hydrogen (secondary N) is 1. The third-order valence-corrected chi connectivity index (χ3v) is 5.93. The van der Waals surface area contributed by atoms with Crippen molar-refractivity contribution in [2.24, 2.45) is 5.10 Å². The average Bonchev–Trinajstić information content (AvgIpc) is 2.98. The summed E-state index contributed by atoms with van der Waals surface area (Å²) < 4.78 is 11.3. The molecule has 0 aliphatic carbocycles. The van der Waals surface area contributed by atoms with E-state index in [1.165, 1.54) is 18.3 Å². The van der Waals surface area contributed by atoms with Gasteiger partial charge in [-0.3, -0.25) is 25.0 Å². The lowest BCUT2D eigenvalue weighted by atomic mass is 9.85. The van der Waals surface area contributed by atoms with Gasteiger partial charge in [-0.05, 0) is 47.9 Å². The Bertz CT molecular complexity index is 1550. The highest BCUT2D eigenvalue weighted by atomic mass is 16.6. The minimum absolute atomic E-state index is 0.118. The zero-order chi connectivity index (χ0) is 29.4. The number of benzene rings is 4. The van der Waals surface area contributed by atoms with Crippen molar-refractivity contribution in [1.82, 2.24) is 5.43 Å². The second-order valence-corrected chi connectivity index (χ2v) is 8.55. The van der Waals surface area contributed by atoms with E-state index in [0.29, 0.717) is 16.7 Å². The molecule has 41 heavy (non-hydrogen) atoms. The molecular weight excluding hydrogens is 532 g/mol. The number of hydrogen-bond donors (Lipinski definition) is 2. The van der Waals surface area contributed by atoms with Crippen molar-refractivity contribution in [2.45, 2.75) is 12.5 Å². The molecule has 0 saturated carbocycles. The molecule has 0 aliphatic rings. The monoisotopic (exact) mass is 556 g/mol. The summed E-state index contributed by atoms with van der Waals surface area (Å²) in [4.78, 5) is 34.2. The number of nitrogens with zero attached hydrogens (tertiary/aromatic N) is 3. The Morgan fingerprint density at radius 2 is 1.49 bits per heavy atom. The predicted octanol–water partition coefficient (Wildman–Crippen LogP) is 5.08. The molecule has 1 amide bonds. The van der Waals surface area contributed by atoms with Crippen LogP contribution in [0.3, 0.4) is 0 Å². The van der Waals surface area contributed by atoms with Crippen LogP contribution in [-0.4, -0.2) is 33.7 Å². The van der Waals surface area contributed by atoms with Gasteiger partial charge in [-0.2, -0.15) is 5.10 Å². The largest absolute Gasteiger partial charge is 0.490 e. The van der Waals surface area contributed by atoms with Gasteiger partial charge in [0.15, 0.2) is 17.1 Å². The molecule has 0 unspecified atom stereocenters. The standard InChI is InChI=1S/C29H24N4O8/c1-2-40-27-17-20(13-15-26(27)41-25-16-14-23(32(36)37)18-24(25)33(38)39)19-30-31-28(34)29(35,21-9-5-3-6-10-21)22-11-7-4-8-12-22/h3-19,35H,2H2,1H3,(H,31,34)/b30-19+. The summed E-state index contributed by atoms with van der Waals surface area (Å²) in [6.07, 6.45) is 1.33. The van der Waals surface area contributed by atoms with Gasteiger partial charge in [0.1, 0.15) is 0 Å². The zero-order valence-electron chi connectivity index (χ0n) is 21.7. The van der Waals surface area contributed by atoms with Crippen LogP contribution in [0.25, 0.3) is 0 Å². The number of amides is 1. The second kappa shape index (κ2) is 12.5. The smallest absolute Gasteiger partial charge is 0.318 e. The summed E-state index contributed by atoms with van der Waals surface area (Å²) in [5.74, 6) is -0.661. The van der Waals surface area contributed by atoms with Crippen molar-refractivity contribution in [3.05, 3.63) is 134 Å². The maximum atomic E-state index is 13.2. The van der Waals surface area contributed by atoms with Crippen molar-refractivity contribution in [2.75, 3.05) is 6.61 Å². The number of carbonyl (C=O) groups excluding carboxylic acids is 1. The Kier molecular flexibility index (Phi) is 8.65. The maximum absolute atomic E-state index is 13.2.